The van der Waals surface area contributed by atoms with Crippen LogP contribution in [-0.4, -0.2) is 62.0 Å². The Morgan fingerprint density at radius 3 is 2.52 bits per heavy atom. The molecule has 25 heavy (non-hydrogen) atoms. The van der Waals surface area contributed by atoms with Crippen molar-refractivity contribution in [1.82, 2.24) is 15.1 Å². The first kappa shape index (κ1) is 19.2. The van der Waals surface area contributed by atoms with Gasteiger partial charge in [-0.15, -0.1) is 0 Å². The molecule has 138 valence electrons. The number of hydrogen-bond acceptors (Lipinski definition) is 3. The number of carbonyl (C=O) groups is 2. The topological polar surface area (TPSA) is 64.7 Å². The van der Waals surface area contributed by atoms with Gasteiger partial charge in [-0.05, 0) is 62.5 Å². The molecule has 1 atom stereocenters. The van der Waals surface area contributed by atoms with Gasteiger partial charge in [-0.3, -0.25) is 4.79 Å². The first-order valence-electron chi connectivity index (χ1n) is 8.96. The molecule has 1 aromatic rings. The van der Waals surface area contributed by atoms with Gasteiger partial charge >= 0.3 is 6.03 Å². The minimum atomic E-state index is -0.209. The lowest BCUT2D eigenvalue weighted by atomic mass is 10.1. The molecule has 3 amide bonds. The van der Waals surface area contributed by atoms with E-state index in [4.69, 9.17) is 0 Å². The van der Waals surface area contributed by atoms with Crippen LogP contribution in [0, 0.1) is 12.8 Å². The summed E-state index contributed by atoms with van der Waals surface area (Å²) in [4.78, 5) is 28.1. The maximum atomic E-state index is 12.1. The lowest BCUT2D eigenvalue weighted by Crippen LogP contribution is -2.36. The van der Waals surface area contributed by atoms with Crippen LogP contribution in [0.3, 0.4) is 0 Å². The maximum absolute atomic E-state index is 12.1. The van der Waals surface area contributed by atoms with Crippen LogP contribution in [0.5, 0.6) is 0 Å². The van der Waals surface area contributed by atoms with Gasteiger partial charge in [0.15, 0.2) is 0 Å². The Kier molecular flexibility index (Phi) is 6.82. The summed E-state index contributed by atoms with van der Waals surface area (Å²) in [5, 5.41) is 5.77. The molecule has 2 N–H and O–H groups in total. The van der Waals surface area contributed by atoms with E-state index in [1.165, 1.54) is 25.9 Å². The number of carbonyl (C=O) groups excluding carboxylic acids is 2. The molecule has 1 aromatic carbocycles. The van der Waals surface area contributed by atoms with Gasteiger partial charge in [-0.1, -0.05) is 6.92 Å². The fourth-order valence-electron chi connectivity index (χ4n) is 3.14. The molecule has 1 aliphatic rings. The molecule has 1 fully saturated rings. The van der Waals surface area contributed by atoms with Crippen molar-refractivity contribution in [2.75, 3.05) is 45.6 Å². The van der Waals surface area contributed by atoms with Crippen molar-refractivity contribution in [2.24, 2.45) is 5.92 Å². The third kappa shape index (κ3) is 5.74. The van der Waals surface area contributed by atoms with Crippen LogP contribution >= 0.6 is 0 Å². The highest BCUT2D eigenvalue weighted by Crippen LogP contribution is 2.16. The SMILES string of the molecule is Cc1cc(NC(=O)NC[C@H](C)CN2CCCC2)ccc1C(=O)N(C)C. The van der Waals surface area contributed by atoms with E-state index in [1.54, 1.807) is 31.1 Å². The zero-order chi connectivity index (χ0) is 18.4. The second kappa shape index (κ2) is 8.85. The van der Waals surface area contributed by atoms with Gasteiger partial charge in [0.2, 0.25) is 0 Å². The molecule has 0 aliphatic carbocycles. The number of benzene rings is 1. The Labute approximate surface area is 150 Å². The summed E-state index contributed by atoms with van der Waals surface area (Å²) in [6.07, 6.45) is 2.57. The third-order valence-corrected chi connectivity index (χ3v) is 4.50. The first-order valence-corrected chi connectivity index (χ1v) is 8.96. The monoisotopic (exact) mass is 346 g/mol. The number of amides is 3. The van der Waals surface area contributed by atoms with Gasteiger partial charge in [0.1, 0.15) is 0 Å². The summed E-state index contributed by atoms with van der Waals surface area (Å²) in [6.45, 7) is 8.06. The second-order valence-corrected chi connectivity index (χ2v) is 7.18. The van der Waals surface area contributed by atoms with E-state index in [9.17, 15) is 9.59 Å². The smallest absolute Gasteiger partial charge is 0.319 e. The standard InChI is InChI=1S/C19H30N4O2/c1-14(13-23-9-5-6-10-23)12-20-19(25)21-16-7-8-17(15(2)11-16)18(24)22(3)4/h7-8,11,14H,5-6,9-10,12-13H2,1-4H3,(H2,20,21,25)/t14-/m0/s1. The number of nitrogens with one attached hydrogen (secondary N) is 2. The molecule has 2 rings (SSSR count). The van der Waals surface area contributed by atoms with E-state index >= 15 is 0 Å². The first-order chi connectivity index (χ1) is 11.9. The Hall–Kier alpha value is -2.08. The number of aryl methyl sites for hydroxylation is 1. The summed E-state index contributed by atoms with van der Waals surface area (Å²) in [7, 11) is 3.45. The molecule has 0 radical (unpaired) electrons. The van der Waals surface area contributed by atoms with E-state index < -0.39 is 0 Å². The van der Waals surface area contributed by atoms with Crippen molar-refractivity contribution in [3.8, 4) is 0 Å². The Bertz CT molecular complexity index is 609. The summed E-state index contributed by atoms with van der Waals surface area (Å²) in [6, 6.07) is 5.13. The highest BCUT2D eigenvalue weighted by atomic mass is 16.2. The fourth-order valence-corrected chi connectivity index (χ4v) is 3.14. The number of likely N-dealkylation sites (tertiary alicyclic amines) is 1. The molecule has 0 bridgehead atoms. The molecule has 6 nitrogen and oxygen atoms in total. The molecule has 0 aromatic heterocycles. The average Bonchev–Trinajstić information content (AvgIpc) is 3.05. The Morgan fingerprint density at radius 2 is 1.92 bits per heavy atom. The van der Waals surface area contributed by atoms with Crippen LogP contribution in [0.1, 0.15) is 35.7 Å². The van der Waals surface area contributed by atoms with E-state index in [0.717, 1.165) is 12.1 Å². The van der Waals surface area contributed by atoms with Gasteiger partial charge in [0, 0.05) is 38.4 Å². The average molecular weight is 346 g/mol. The second-order valence-electron chi connectivity index (χ2n) is 7.18. The van der Waals surface area contributed by atoms with E-state index in [1.807, 2.05) is 13.0 Å². The van der Waals surface area contributed by atoms with Crippen molar-refractivity contribution >= 4 is 17.6 Å². The normalized spacial score (nSPS) is 15.7. The summed E-state index contributed by atoms with van der Waals surface area (Å²) in [5.41, 5.74) is 2.19. The van der Waals surface area contributed by atoms with Crippen LogP contribution in [-0.2, 0) is 0 Å². The molecule has 1 aliphatic heterocycles. The van der Waals surface area contributed by atoms with Crippen molar-refractivity contribution < 1.29 is 9.59 Å². The van der Waals surface area contributed by atoms with Gasteiger partial charge in [-0.25, -0.2) is 4.79 Å². The minimum absolute atomic E-state index is 0.0377. The largest absolute Gasteiger partial charge is 0.345 e. The van der Waals surface area contributed by atoms with Crippen LogP contribution in [0.25, 0.3) is 0 Å². The Balaban J connectivity index is 1.81. The van der Waals surface area contributed by atoms with E-state index in [2.05, 4.69) is 22.5 Å². The molecule has 0 spiro atoms. The molecule has 6 heteroatoms. The predicted molar refractivity (Wildman–Crippen MR) is 101 cm³/mol. The fraction of sp³-hybridized carbons (Fsp3) is 0.579. The van der Waals surface area contributed by atoms with Gasteiger partial charge in [0.25, 0.3) is 5.91 Å². The molecule has 1 saturated heterocycles. The lowest BCUT2D eigenvalue weighted by Gasteiger charge is -2.20. The van der Waals surface area contributed by atoms with Crippen molar-refractivity contribution in [3.05, 3.63) is 29.3 Å². The zero-order valence-electron chi connectivity index (χ0n) is 15.8. The van der Waals surface area contributed by atoms with Crippen molar-refractivity contribution in [3.63, 3.8) is 0 Å². The van der Waals surface area contributed by atoms with Gasteiger partial charge in [-0.2, -0.15) is 0 Å². The summed E-state index contributed by atoms with van der Waals surface area (Å²) in [5.74, 6) is 0.384. The lowest BCUT2D eigenvalue weighted by molar-refractivity contribution is 0.0827. The van der Waals surface area contributed by atoms with Crippen molar-refractivity contribution in [2.45, 2.75) is 26.7 Å². The van der Waals surface area contributed by atoms with Crippen LogP contribution in [0.2, 0.25) is 0 Å². The van der Waals surface area contributed by atoms with E-state index in [0.29, 0.717) is 23.7 Å². The summed E-state index contributed by atoms with van der Waals surface area (Å²) >= 11 is 0. The van der Waals surface area contributed by atoms with Gasteiger partial charge in [0.05, 0.1) is 0 Å². The predicted octanol–water partition coefficient (Wildman–Crippen LogP) is 2.55. The molecule has 0 saturated carbocycles. The highest BCUT2D eigenvalue weighted by Gasteiger charge is 2.15. The third-order valence-electron chi connectivity index (χ3n) is 4.50. The summed E-state index contributed by atoms with van der Waals surface area (Å²) < 4.78 is 0. The number of nitrogens with zero attached hydrogens (tertiary/aromatic N) is 2. The zero-order valence-corrected chi connectivity index (χ0v) is 15.8. The number of hydrogen-bond donors (Lipinski definition) is 2. The molecular formula is C19H30N4O2. The van der Waals surface area contributed by atoms with E-state index in [-0.39, 0.29) is 11.9 Å². The maximum Gasteiger partial charge on any atom is 0.319 e. The molecular weight excluding hydrogens is 316 g/mol. The molecule has 0 unspecified atom stereocenters. The number of anilines is 1. The minimum Gasteiger partial charge on any atom is -0.345 e. The molecule has 1 heterocycles. The quantitative estimate of drug-likeness (QED) is 0.832. The van der Waals surface area contributed by atoms with Crippen molar-refractivity contribution in [1.29, 1.82) is 0 Å². The highest BCUT2D eigenvalue weighted by molar-refractivity contribution is 5.96. The van der Waals surface area contributed by atoms with Crippen LogP contribution < -0.4 is 10.6 Å². The Morgan fingerprint density at radius 1 is 1.24 bits per heavy atom. The van der Waals surface area contributed by atoms with Crippen LogP contribution in [0.4, 0.5) is 10.5 Å². The number of rotatable bonds is 6. The van der Waals surface area contributed by atoms with Gasteiger partial charge < -0.3 is 20.4 Å². The van der Waals surface area contributed by atoms with Crippen LogP contribution in [0.15, 0.2) is 18.2 Å². The number of urea groups is 1.